The Morgan fingerprint density at radius 1 is 1.08 bits per heavy atom. The second-order valence-electron chi connectivity index (χ2n) is 9.71. The predicted octanol–water partition coefficient (Wildman–Crippen LogP) is 3.01. The number of aliphatic carboxylic acids is 1. The van der Waals surface area contributed by atoms with Gasteiger partial charge in [-0.25, -0.2) is 4.79 Å². The summed E-state index contributed by atoms with van der Waals surface area (Å²) in [5.74, 6) is -3.05. The summed E-state index contributed by atoms with van der Waals surface area (Å²) in [6, 6.07) is 10.1. The van der Waals surface area contributed by atoms with E-state index in [1.54, 1.807) is 6.08 Å². The number of epoxide rings is 1. The largest absolute Gasteiger partial charge is 0.479 e. The van der Waals surface area contributed by atoms with Crippen LogP contribution in [0.5, 0.6) is 0 Å². The van der Waals surface area contributed by atoms with Gasteiger partial charge in [-0.05, 0) is 42.7 Å². The van der Waals surface area contributed by atoms with Crippen LogP contribution in [0.4, 0.5) is 0 Å². The third kappa shape index (κ3) is 10.2. The molecule has 5 atom stereocenters. The van der Waals surface area contributed by atoms with Gasteiger partial charge in [0.1, 0.15) is 6.10 Å². The number of hydrogen-bond donors (Lipinski definition) is 3. The minimum atomic E-state index is -1.22. The maximum absolute atomic E-state index is 12.1. The Morgan fingerprint density at radius 3 is 2.42 bits per heavy atom. The summed E-state index contributed by atoms with van der Waals surface area (Å²) < 4.78 is 10.9. The van der Waals surface area contributed by atoms with Crippen LogP contribution in [-0.4, -0.2) is 54.2 Å². The van der Waals surface area contributed by atoms with Gasteiger partial charge in [-0.1, -0.05) is 64.1 Å². The van der Waals surface area contributed by atoms with Crippen molar-refractivity contribution in [3.63, 3.8) is 0 Å². The molecule has 0 bridgehead atoms. The quantitative estimate of drug-likeness (QED) is 0.191. The molecule has 0 spiro atoms. The van der Waals surface area contributed by atoms with Crippen LogP contribution in [0.2, 0.25) is 0 Å². The number of nitrogens with one attached hydrogen (secondary N) is 2. The van der Waals surface area contributed by atoms with Gasteiger partial charge in [-0.15, -0.1) is 0 Å². The lowest BCUT2D eigenvalue weighted by Crippen LogP contribution is -2.40. The van der Waals surface area contributed by atoms with E-state index in [0.29, 0.717) is 5.92 Å². The molecule has 3 N–H and O–H groups in total. The standard InChI is InChI=1S/C27H38N2O7/c1-17(2)14-21(26(32)33)35-27(34)19(4)15-28-23(31)16-29-22(30)13-9-8-10-18(3)24-25(36-24)20-11-6-5-7-12-20/h5-7,9,11-13,17-19,21,24-25H,8,10,14-16H2,1-4H3,(H,28,31)(H,29,30)(H,32,33)/b13-9+. The highest BCUT2D eigenvalue weighted by molar-refractivity contribution is 5.91. The predicted molar refractivity (Wildman–Crippen MR) is 134 cm³/mol. The van der Waals surface area contributed by atoms with Crippen molar-refractivity contribution in [3.05, 3.63) is 48.0 Å². The fourth-order valence-corrected chi connectivity index (χ4v) is 3.70. The normalized spacial score (nSPS) is 19.4. The van der Waals surface area contributed by atoms with Crippen LogP contribution in [0, 0.1) is 17.8 Å². The number of carbonyl (C=O) groups is 4. The lowest BCUT2D eigenvalue weighted by atomic mass is 9.97. The van der Waals surface area contributed by atoms with Crippen molar-refractivity contribution in [2.45, 2.75) is 65.3 Å². The molecule has 1 heterocycles. The van der Waals surface area contributed by atoms with Crippen molar-refractivity contribution in [2.75, 3.05) is 13.1 Å². The van der Waals surface area contributed by atoms with E-state index in [1.165, 1.54) is 18.6 Å². The lowest BCUT2D eigenvalue weighted by Gasteiger charge is -2.18. The van der Waals surface area contributed by atoms with Crippen LogP contribution in [0.3, 0.4) is 0 Å². The number of rotatable bonds is 15. The SMILES string of the molecule is CC(C)CC(OC(=O)C(C)CNC(=O)CNC(=O)/C=C/CCC(C)C1OC1c1ccccc1)C(=O)O. The first-order valence-electron chi connectivity index (χ1n) is 12.4. The summed E-state index contributed by atoms with van der Waals surface area (Å²) in [6.07, 6.45) is 4.12. The summed E-state index contributed by atoms with van der Waals surface area (Å²) in [7, 11) is 0. The van der Waals surface area contributed by atoms with Crippen molar-refractivity contribution < 1.29 is 33.8 Å². The molecule has 1 aliphatic heterocycles. The van der Waals surface area contributed by atoms with Crippen molar-refractivity contribution in [2.24, 2.45) is 17.8 Å². The summed E-state index contributed by atoms with van der Waals surface area (Å²) in [5, 5.41) is 14.2. The van der Waals surface area contributed by atoms with Gasteiger partial charge in [0.25, 0.3) is 0 Å². The molecule has 0 aliphatic carbocycles. The topological polar surface area (TPSA) is 134 Å². The first-order valence-corrected chi connectivity index (χ1v) is 12.4. The molecule has 2 amide bonds. The van der Waals surface area contributed by atoms with E-state index >= 15 is 0 Å². The number of carboxylic acid groups (broad SMARTS) is 1. The zero-order valence-corrected chi connectivity index (χ0v) is 21.4. The summed E-state index contributed by atoms with van der Waals surface area (Å²) >= 11 is 0. The molecule has 9 nitrogen and oxygen atoms in total. The molecule has 0 aromatic heterocycles. The Labute approximate surface area is 212 Å². The average Bonchev–Trinajstić information content (AvgIpc) is 3.64. The Balaban J connectivity index is 1.60. The first kappa shape index (κ1) is 29.0. The summed E-state index contributed by atoms with van der Waals surface area (Å²) in [5.41, 5.74) is 1.18. The van der Waals surface area contributed by atoms with Gasteiger partial charge in [0.05, 0.1) is 18.6 Å². The van der Waals surface area contributed by atoms with E-state index < -0.39 is 29.9 Å². The minimum absolute atomic E-state index is 0.0253. The number of carbonyl (C=O) groups excluding carboxylic acids is 3. The van der Waals surface area contributed by atoms with Gasteiger partial charge in [0, 0.05) is 6.54 Å². The zero-order valence-electron chi connectivity index (χ0n) is 21.4. The second kappa shape index (κ2) is 14.4. The van der Waals surface area contributed by atoms with E-state index in [0.717, 1.165) is 12.8 Å². The van der Waals surface area contributed by atoms with Gasteiger partial charge in [-0.2, -0.15) is 0 Å². The number of esters is 1. The number of benzene rings is 1. The lowest BCUT2D eigenvalue weighted by molar-refractivity contribution is -0.167. The molecule has 198 valence electrons. The van der Waals surface area contributed by atoms with Crippen LogP contribution >= 0.6 is 0 Å². The van der Waals surface area contributed by atoms with Crippen LogP contribution < -0.4 is 10.6 Å². The van der Waals surface area contributed by atoms with Gasteiger partial charge in [0.2, 0.25) is 11.8 Å². The van der Waals surface area contributed by atoms with E-state index in [9.17, 15) is 24.3 Å². The van der Waals surface area contributed by atoms with Gasteiger partial charge in [-0.3, -0.25) is 14.4 Å². The highest BCUT2D eigenvalue weighted by atomic mass is 16.6. The van der Waals surface area contributed by atoms with Crippen LogP contribution in [0.1, 0.15) is 58.6 Å². The van der Waals surface area contributed by atoms with Crippen molar-refractivity contribution in [3.8, 4) is 0 Å². The third-order valence-electron chi connectivity index (χ3n) is 5.92. The first-order chi connectivity index (χ1) is 17.1. The second-order valence-corrected chi connectivity index (χ2v) is 9.71. The molecule has 1 aromatic rings. The summed E-state index contributed by atoms with van der Waals surface area (Å²) in [4.78, 5) is 47.3. The minimum Gasteiger partial charge on any atom is -0.479 e. The average molecular weight is 503 g/mol. The molecule has 9 heteroatoms. The molecule has 36 heavy (non-hydrogen) atoms. The molecule has 1 aromatic carbocycles. The van der Waals surface area contributed by atoms with Crippen LogP contribution in [0.25, 0.3) is 0 Å². The van der Waals surface area contributed by atoms with Crippen molar-refractivity contribution in [1.82, 2.24) is 10.6 Å². The maximum Gasteiger partial charge on any atom is 0.345 e. The Kier molecular flexibility index (Phi) is 11.6. The molecule has 5 unspecified atom stereocenters. The van der Waals surface area contributed by atoms with E-state index in [2.05, 4.69) is 29.7 Å². The van der Waals surface area contributed by atoms with Crippen molar-refractivity contribution in [1.29, 1.82) is 0 Å². The zero-order chi connectivity index (χ0) is 26.7. The van der Waals surface area contributed by atoms with Gasteiger partial charge >= 0.3 is 11.9 Å². The maximum atomic E-state index is 12.1. The molecule has 0 saturated carbocycles. The third-order valence-corrected chi connectivity index (χ3v) is 5.92. The number of amides is 2. The molecular formula is C27H38N2O7. The van der Waals surface area contributed by atoms with Gasteiger partial charge < -0.3 is 25.2 Å². The van der Waals surface area contributed by atoms with E-state index in [1.807, 2.05) is 32.0 Å². The molecule has 2 rings (SSSR count). The van der Waals surface area contributed by atoms with E-state index in [-0.39, 0.29) is 43.5 Å². The Morgan fingerprint density at radius 2 is 1.78 bits per heavy atom. The number of hydrogen-bond acceptors (Lipinski definition) is 6. The van der Waals surface area contributed by atoms with Crippen LogP contribution in [0.15, 0.2) is 42.5 Å². The fraction of sp³-hybridized carbons (Fsp3) is 0.556. The Bertz CT molecular complexity index is 916. The number of allylic oxidation sites excluding steroid dienone is 1. The Hall–Kier alpha value is -3.20. The monoisotopic (exact) mass is 502 g/mol. The highest BCUT2D eigenvalue weighted by Crippen LogP contribution is 2.44. The molecule has 0 radical (unpaired) electrons. The molecular weight excluding hydrogens is 464 g/mol. The van der Waals surface area contributed by atoms with E-state index in [4.69, 9.17) is 9.47 Å². The van der Waals surface area contributed by atoms with Crippen molar-refractivity contribution >= 4 is 23.8 Å². The fourth-order valence-electron chi connectivity index (χ4n) is 3.70. The number of ether oxygens (including phenoxy) is 2. The number of carboxylic acids is 1. The highest BCUT2D eigenvalue weighted by Gasteiger charge is 2.43. The molecule has 1 fully saturated rings. The van der Waals surface area contributed by atoms with Gasteiger partial charge in [0.15, 0.2) is 6.10 Å². The molecule has 1 saturated heterocycles. The summed E-state index contributed by atoms with van der Waals surface area (Å²) in [6.45, 7) is 7.08. The van der Waals surface area contributed by atoms with Crippen LogP contribution in [-0.2, 0) is 28.7 Å². The molecule has 1 aliphatic rings. The smallest absolute Gasteiger partial charge is 0.345 e.